The third kappa shape index (κ3) is 3.47. The molecular weight excluding hydrogens is 228 g/mol. The van der Waals surface area contributed by atoms with Crippen molar-refractivity contribution in [1.82, 2.24) is 5.32 Å². The maximum atomic E-state index is 11.8. The second-order valence-electron chi connectivity index (χ2n) is 5.13. The van der Waals surface area contributed by atoms with Crippen LogP contribution in [0, 0.1) is 0 Å². The number of nitrogens with one attached hydrogen (secondary N) is 1. The summed E-state index contributed by atoms with van der Waals surface area (Å²) in [6.07, 6.45) is 3.96. The van der Waals surface area contributed by atoms with Gasteiger partial charge in [-0.3, -0.25) is 4.79 Å². The molecule has 2 rings (SSSR count). The van der Waals surface area contributed by atoms with Crippen LogP contribution in [0.3, 0.4) is 0 Å². The Kier molecular flexibility index (Phi) is 3.87. The highest BCUT2D eigenvalue weighted by Crippen LogP contribution is 2.28. The van der Waals surface area contributed by atoms with E-state index in [-0.39, 0.29) is 5.91 Å². The van der Waals surface area contributed by atoms with Crippen molar-refractivity contribution in [3.63, 3.8) is 0 Å². The normalized spacial score (nSPS) is 17.6. The second-order valence-corrected chi connectivity index (χ2v) is 5.13. The number of nitrogens with two attached hydrogens (primary N) is 1. The van der Waals surface area contributed by atoms with Gasteiger partial charge in [0.25, 0.3) is 0 Å². The third-order valence-electron chi connectivity index (χ3n) is 3.46. The van der Waals surface area contributed by atoms with E-state index in [0.29, 0.717) is 18.7 Å². The molecule has 4 nitrogen and oxygen atoms in total. The van der Waals surface area contributed by atoms with Crippen molar-refractivity contribution < 1.29 is 9.90 Å². The Hall–Kier alpha value is -1.55. The molecule has 1 aliphatic carbocycles. The first-order valence-corrected chi connectivity index (χ1v) is 6.41. The highest BCUT2D eigenvalue weighted by Gasteiger charge is 2.31. The molecule has 0 atom stereocenters. The number of anilines is 1. The average molecular weight is 248 g/mol. The minimum absolute atomic E-state index is 0.0686. The summed E-state index contributed by atoms with van der Waals surface area (Å²) in [5.74, 6) is -0.0686. The quantitative estimate of drug-likeness (QED) is 0.702. The van der Waals surface area contributed by atoms with Gasteiger partial charge < -0.3 is 16.2 Å². The molecule has 98 valence electrons. The number of nitrogen functional groups attached to an aromatic ring is 1. The summed E-state index contributed by atoms with van der Waals surface area (Å²) in [6.45, 7) is 0.355. The molecule has 4 heteroatoms. The van der Waals surface area contributed by atoms with Crippen molar-refractivity contribution in [2.24, 2.45) is 0 Å². The van der Waals surface area contributed by atoms with Crippen molar-refractivity contribution in [3.8, 4) is 0 Å². The zero-order valence-corrected chi connectivity index (χ0v) is 10.5. The van der Waals surface area contributed by atoms with E-state index in [2.05, 4.69) is 5.32 Å². The average Bonchev–Trinajstić information content (AvgIpc) is 2.74. The Morgan fingerprint density at radius 3 is 2.78 bits per heavy atom. The summed E-state index contributed by atoms with van der Waals surface area (Å²) < 4.78 is 0. The van der Waals surface area contributed by atoms with Crippen LogP contribution in [-0.4, -0.2) is 23.2 Å². The molecule has 1 amide bonds. The smallest absolute Gasteiger partial charge is 0.224 e. The van der Waals surface area contributed by atoms with Gasteiger partial charge in [0.1, 0.15) is 0 Å². The number of benzene rings is 1. The molecule has 0 saturated heterocycles. The zero-order chi connectivity index (χ0) is 13.0. The van der Waals surface area contributed by atoms with Gasteiger partial charge in [-0.1, -0.05) is 25.0 Å². The van der Waals surface area contributed by atoms with Crippen LogP contribution in [0.2, 0.25) is 0 Å². The van der Waals surface area contributed by atoms with Gasteiger partial charge in [-0.05, 0) is 30.5 Å². The number of carbonyl (C=O) groups is 1. The van der Waals surface area contributed by atoms with Crippen molar-refractivity contribution in [3.05, 3.63) is 29.8 Å². The lowest BCUT2D eigenvalue weighted by molar-refractivity contribution is -0.121. The molecule has 1 fully saturated rings. The van der Waals surface area contributed by atoms with Gasteiger partial charge >= 0.3 is 0 Å². The van der Waals surface area contributed by atoms with E-state index in [1.165, 1.54) is 0 Å². The Bertz CT molecular complexity index is 426. The van der Waals surface area contributed by atoms with Crippen LogP contribution in [0.15, 0.2) is 24.3 Å². The summed E-state index contributed by atoms with van der Waals surface area (Å²) in [5, 5.41) is 12.9. The standard InChI is InChI=1S/C14H20N2O2/c15-12-5-3-4-11(8-12)9-13(17)16-10-14(18)6-1-2-7-14/h3-5,8,18H,1-2,6-7,9-10,15H2,(H,16,17). The highest BCUT2D eigenvalue weighted by molar-refractivity contribution is 5.78. The van der Waals surface area contributed by atoms with E-state index in [1.807, 2.05) is 12.1 Å². The largest absolute Gasteiger partial charge is 0.399 e. The van der Waals surface area contributed by atoms with Crippen molar-refractivity contribution in [2.75, 3.05) is 12.3 Å². The Balaban J connectivity index is 1.82. The molecule has 1 aromatic rings. The minimum Gasteiger partial charge on any atom is -0.399 e. The van der Waals surface area contributed by atoms with Crippen LogP contribution in [0.25, 0.3) is 0 Å². The summed E-state index contributed by atoms with van der Waals surface area (Å²) in [5.41, 5.74) is 6.52. The monoisotopic (exact) mass is 248 g/mol. The lowest BCUT2D eigenvalue weighted by Crippen LogP contribution is -2.41. The molecule has 0 spiro atoms. The topological polar surface area (TPSA) is 75.4 Å². The fourth-order valence-electron chi connectivity index (χ4n) is 2.42. The van der Waals surface area contributed by atoms with E-state index < -0.39 is 5.60 Å². The van der Waals surface area contributed by atoms with Crippen molar-refractivity contribution in [2.45, 2.75) is 37.7 Å². The van der Waals surface area contributed by atoms with Gasteiger partial charge in [0.05, 0.1) is 12.0 Å². The van der Waals surface area contributed by atoms with E-state index in [1.54, 1.807) is 12.1 Å². The Morgan fingerprint density at radius 1 is 1.39 bits per heavy atom. The van der Waals surface area contributed by atoms with Gasteiger partial charge in [0.15, 0.2) is 0 Å². The molecule has 0 aliphatic heterocycles. The Labute approximate surface area is 107 Å². The Morgan fingerprint density at radius 2 is 2.11 bits per heavy atom. The number of carbonyl (C=O) groups excluding carboxylic acids is 1. The lowest BCUT2D eigenvalue weighted by atomic mass is 10.0. The number of hydrogen-bond acceptors (Lipinski definition) is 3. The van der Waals surface area contributed by atoms with E-state index in [9.17, 15) is 9.90 Å². The molecule has 4 N–H and O–H groups in total. The van der Waals surface area contributed by atoms with Gasteiger partial charge in [-0.25, -0.2) is 0 Å². The van der Waals surface area contributed by atoms with Crippen LogP contribution in [-0.2, 0) is 11.2 Å². The second kappa shape index (κ2) is 5.40. The fourth-order valence-corrected chi connectivity index (χ4v) is 2.42. The van der Waals surface area contributed by atoms with Gasteiger partial charge in [0.2, 0.25) is 5.91 Å². The predicted molar refractivity (Wildman–Crippen MR) is 71.0 cm³/mol. The van der Waals surface area contributed by atoms with E-state index in [0.717, 1.165) is 31.2 Å². The summed E-state index contributed by atoms with van der Waals surface area (Å²) >= 11 is 0. The molecular formula is C14H20N2O2. The molecule has 0 radical (unpaired) electrons. The molecule has 1 aliphatic rings. The van der Waals surface area contributed by atoms with Gasteiger partial charge in [-0.2, -0.15) is 0 Å². The van der Waals surface area contributed by atoms with Crippen LogP contribution >= 0.6 is 0 Å². The molecule has 0 unspecified atom stereocenters. The molecule has 1 aromatic carbocycles. The molecule has 0 bridgehead atoms. The highest BCUT2D eigenvalue weighted by atomic mass is 16.3. The summed E-state index contributed by atoms with van der Waals surface area (Å²) in [6, 6.07) is 7.30. The minimum atomic E-state index is -0.689. The number of rotatable bonds is 4. The first-order valence-electron chi connectivity index (χ1n) is 6.41. The summed E-state index contributed by atoms with van der Waals surface area (Å²) in [4.78, 5) is 11.8. The van der Waals surface area contributed by atoms with Crippen LogP contribution in [0.1, 0.15) is 31.2 Å². The predicted octanol–water partition coefficient (Wildman–Crippen LogP) is 1.23. The number of aliphatic hydroxyl groups is 1. The zero-order valence-electron chi connectivity index (χ0n) is 10.5. The van der Waals surface area contributed by atoms with Crippen molar-refractivity contribution >= 4 is 11.6 Å². The SMILES string of the molecule is Nc1cccc(CC(=O)NCC2(O)CCCC2)c1. The van der Waals surface area contributed by atoms with E-state index >= 15 is 0 Å². The molecule has 1 saturated carbocycles. The fraction of sp³-hybridized carbons (Fsp3) is 0.500. The van der Waals surface area contributed by atoms with Gasteiger partial charge in [0, 0.05) is 12.2 Å². The lowest BCUT2D eigenvalue weighted by Gasteiger charge is -2.22. The third-order valence-corrected chi connectivity index (χ3v) is 3.46. The molecule has 0 aromatic heterocycles. The molecule has 18 heavy (non-hydrogen) atoms. The van der Waals surface area contributed by atoms with Gasteiger partial charge in [-0.15, -0.1) is 0 Å². The first kappa shape index (κ1) is 12.9. The molecule has 0 heterocycles. The number of hydrogen-bond donors (Lipinski definition) is 3. The van der Waals surface area contributed by atoms with Crippen LogP contribution in [0.4, 0.5) is 5.69 Å². The maximum absolute atomic E-state index is 11.8. The number of amides is 1. The maximum Gasteiger partial charge on any atom is 0.224 e. The van der Waals surface area contributed by atoms with E-state index in [4.69, 9.17) is 5.73 Å². The first-order chi connectivity index (χ1) is 8.57. The summed E-state index contributed by atoms with van der Waals surface area (Å²) in [7, 11) is 0. The van der Waals surface area contributed by atoms with Crippen LogP contribution in [0.5, 0.6) is 0 Å². The van der Waals surface area contributed by atoms with Crippen molar-refractivity contribution in [1.29, 1.82) is 0 Å². The van der Waals surface area contributed by atoms with Crippen LogP contribution < -0.4 is 11.1 Å².